The van der Waals surface area contributed by atoms with E-state index < -0.39 is 0 Å². The Morgan fingerprint density at radius 3 is 1.80 bits per heavy atom. The molecule has 0 aliphatic rings. The van der Waals surface area contributed by atoms with Crippen LogP contribution in [0.25, 0.3) is 99.8 Å². The maximum Gasteiger partial charge on any atom is 0.227 e. The van der Waals surface area contributed by atoms with Crippen molar-refractivity contribution in [2.45, 2.75) is 0 Å². The number of para-hydroxylation sites is 1. The van der Waals surface area contributed by atoms with Crippen LogP contribution in [0.5, 0.6) is 0 Å². The minimum Gasteiger partial charge on any atom is -0.438 e. The summed E-state index contributed by atoms with van der Waals surface area (Å²) in [6.07, 6.45) is 0. The average Bonchev–Trinajstić information content (AvgIpc) is 3.54. The highest BCUT2D eigenvalue weighted by atomic mass is 16.3. The average molecular weight is 627 g/mol. The summed E-state index contributed by atoms with van der Waals surface area (Å²) in [5.41, 5.74) is 7.42. The second-order valence-corrected chi connectivity index (χ2v) is 12.2. The molecule has 0 unspecified atom stereocenters. The second-order valence-electron chi connectivity index (χ2n) is 12.2. The fourth-order valence-electron chi connectivity index (χ4n) is 7.06. The number of benzene rings is 7. The predicted octanol–water partition coefficient (Wildman–Crippen LogP) is 11.3. The molecule has 0 spiro atoms. The van der Waals surface area contributed by atoms with Gasteiger partial charge < -0.3 is 4.42 Å². The molecule has 5 heteroatoms. The Balaban J connectivity index is 1.21. The molecule has 0 aliphatic heterocycles. The van der Waals surface area contributed by atoms with Gasteiger partial charge in [0.1, 0.15) is 5.58 Å². The number of hydrogen-bond acceptors (Lipinski definition) is 5. The molecular formula is C44H26N4O. The number of fused-ring (bicyclic) bond motifs is 6. The van der Waals surface area contributed by atoms with Crippen LogP contribution in [0.4, 0.5) is 0 Å². The Labute approximate surface area is 281 Å². The van der Waals surface area contributed by atoms with Crippen LogP contribution < -0.4 is 0 Å². The van der Waals surface area contributed by atoms with Crippen molar-refractivity contribution in [1.82, 2.24) is 19.9 Å². The topological polar surface area (TPSA) is 64.7 Å². The lowest BCUT2D eigenvalue weighted by molar-refractivity contribution is 0.656. The summed E-state index contributed by atoms with van der Waals surface area (Å²) in [5, 5.41) is 7.54. The molecule has 5 nitrogen and oxygen atoms in total. The van der Waals surface area contributed by atoms with Gasteiger partial charge in [-0.3, -0.25) is 0 Å². The maximum absolute atomic E-state index is 6.33. The van der Waals surface area contributed by atoms with Crippen LogP contribution in [0, 0.1) is 0 Å². The standard InChI is InChI=1S/C44H26N4O/c1-2-13-28(14-3-1)41-46-42(35-21-10-16-27-12-4-6-17-30(27)35)48-43(47-41)36-25-24-33(31-18-7-8-19-32(31)36)34-20-11-23-39-40(34)37-26-29-15-5-9-22-38(29)45-44(37)49-39/h1-26H. The lowest BCUT2D eigenvalue weighted by Crippen LogP contribution is -2.01. The number of nitrogens with zero attached hydrogens (tertiary/aromatic N) is 4. The lowest BCUT2D eigenvalue weighted by Gasteiger charge is -2.14. The number of hydrogen-bond donors (Lipinski definition) is 0. The van der Waals surface area contributed by atoms with E-state index >= 15 is 0 Å². The third-order valence-corrected chi connectivity index (χ3v) is 9.34. The quantitative estimate of drug-likeness (QED) is 0.194. The van der Waals surface area contributed by atoms with Crippen LogP contribution in [-0.2, 0) is 0 Å². The number of rotatable bonds is 4. The molecule has 0 bridgehead atoms. The molecule has 0 amide bonds. The van der Waals surface area contributed by atoms with Crippen molar-refractivity contribution >= 4 is 54.5 Å². The highest BCUT2D eigenvalue weighted by molar-refractivity contribution is 6.17. The molecule has 0 N–H and O–H groups in total. The van der Waals surface area contributed by atoms with E-state index in [1.54, 1.807) is 0 Å². The first-order chi connectivity index (χ1) is 24.3. The van der Waals surface area contributed by atoms with Crippen LogP contribution >= 0.6 is 0 Å². The van der Waals surface area contributed by atoms with E-state index in [0.717, 1.165) is 76.6 Å². The van der Waals surface area contributed by atoms with Crippen LogP contribution in [0.15, 0.2) is 162 Å². The van der Waals surface area contributed by atoms with Gasteiger partial charge in [0.25, 0.3) is 0 Å². The van der Waals surface area contributed by atoms with E-state index in [-0.39, 0.29) is 0 Å². The Morgan fingerprint density at radius 2 is 0.959 bits per heavy atom. The van der Waals surface area contributed by atoms with Gasteiger partial charge in [-0.25, -0.2) is 19.9 Å². The first-order valence-electron chi connectivity index (χ1n) is 16.3. The van der Waals surface area contributed by atoms with Crippen LogP contribution in [0.1, 0.15) is 0 Å². The van der Waals surface area contributed by atoms with Gasteiger partial charge in [0.15, 0.2) is 17.5 Å². The molecule has 10 aromatic rings. The van der Waals surface area contributed by atoms with Crippen molar-refractivity contribution < 1.29 is 4.42 Å². The zero-order chi connectivity index (χ0) is 32.3. The molecule has 0 atom stereocenters. The minimum atomic E-state index is 0.627. The van der Waals surface area contributed by atoms with Gasteiger partial charge in [0.05, 0.1) is 5.52 Å². The molecule has 7 aromatic carbocycles. The molecule has 228 valence electrons. The highest BCUT2D eigenvalue weighted by Crippen LogP contribution is 2.42. The molecule has 0 fully saturated rings. The van der Waals surface area contributed by atoms with E-state index in [2.05, 4.69) is 103 Å². The van der Waals surface area contributed by atoms with E-state index in [0.29, 0.717) is 23.2 Å². The molecule has 0 saturated carbocycles. The zero-order valence-corrected chi connectivity index (χ0v) is 26.2. The van der Waals surface area contributed by atoms with Gasteiger partial charge in [-0.05, 0) is 56.9 Å². The fraction of sp³-hybridized carbons (Fsp3) is 0. The van der Waals surface area contributed by atoms with Crippen molar-refractivity contribution in [2.75, 3.05) is 0 Å². The smallest absolute Gasteiger partial charge is 0.227 e. The highest BCUT2D eigenvalue weighted by Gasteiger charge is 2.19. The molecule has 3 heterocycles. The molecule has 0 saturated heterocycles. The summed E-state index contributed by atoms with van der Waals surface area (Å²) >= 11 is 0. The first-order valence-corrected chi connectivity index (χ1v) is 16.3. The second kappa shape index (κ2) is 10.9. The zero-order valence-electron chi connectivity index (χ0n) is 26.2. The maximum atomic E-state index is 6.33. The molecule has 0 radical (unpaired) electrons. The van der Waals surface area contributed by atoms with E-state index in [4.69, 9.17) is 24.4 Å². The summed E-state index contributed by atoms with van der Waals surface area (Å²) in [6.45, 7) is 0. The third-order valence-electron chi connectivity index (χ3n) is 9.34. The van der Waals surface area contributed by atoms with E-state index in [1.165, 1.54) is 0 Å². The minimum absolute atomic E-state index is 0.627. The molecule has 49 heavy (non-hydrogen) atoms. The van der Waals surface area contributed by atoms with Gasteiger partial charge in [-0.1, -0.05) is 133 Å². The van der Waals surface area contributed by atoms with E-state index in [9.17, 15) is 0 Å². The first kappa shape index (κ1) is 27.4. The Hall–Kier alpha value is -6.72. The summed E-state index contributed by atoms with van der Waals surface area (Å²) in [7, 11) is 0. The lowest BCUT2D eigenvalue weighted by atomic mass is 9.92. The largest absolute Gasteiger partial charge is 0.438 e. The monoisotopic (exact) mass is 626 g/mol. The number of aromatic nitrogens is 4. The molecule has 10 rings (SSSR count). The van der Waals surface area contributed by atoms with Crippen LogP contribution in [-0.4, -0.2) is 19.9 Å². The fourth-order valence-corrected chi connectivity index (χ4v) is 7.06. The van der Waals surface area contributed by atoms with Crippen molar-refractivity contribution in [3.8, 4) is 45.3 Å². The Morgan fingerprint density at radius 1 is 0.367 bits per heavy atom. The van der Waals surface area contributed by atoms with E-state index in [1.807, 2.05) is 54.6 Å². The van der Waals surface area contributed by atoms with Gasteiger partial charge in [0.2, 0.25) is 5.71 Å². The molecule has 0 aliphatic carbocycles. The SMILES string of the molecule is c1ccc(-c2nc(-c3cccc4ccccc34)nc(-c3ccc(-c4cccc5oc6nc7ccccc7cc6c45)c4ccccc34)n2)cc1. The summed E-state index contributed by atoms with van der Waals surface area (Å²) < 4.78 is 6.33. The van der Waals surface area contributed by atoms with Gasteiger partial charge in [-0.15, -0.1) is 0 Å². The predicted molar refractivity (Wildman–Crippen MR) is 199 cm³/mol. The van der Waals surface area contributed by atoms with Gasteiger partial charge >= 0.3 is 0 Å². The van der Waals surface area contributed by atoms with Crippen LogP contribution in [0.3, 0.4) is 0 Å². The Bertz CT molecular complexity index is 2890. The van der Waals surface area contributed by atoms with Crippen molar-refractivity contribution in [3.63, 3.8) is 0 Å². The third kappa shape index (κ3) is 4.48. The summed E-state index contributed by atoms with van der Waals surface area (Å²) in [6, 6.07) is 54.1. The summed E-state index contributed by atoms with van der Waals surface area (Å²) in [4.78, 5) is 20.2. The van der Waals surface area contributed by atoms with Gasteiger partial charge in [-0.2, -0.15) is 0 Å². The summed E-state index contributed by atoms with van der Waals surface area (Å²) in [5.74, 6) is 1.90. The molecule has 3 aromatic heterocycles. The Kier molecular flexibility index (Phi) is 6.11. The number of pyridine rings is 1. The van der Waals surface area contributed by atoms with Crippen molar-refractivity contribution in [1.29, 1.82) is 0 Å². The van der Waals surface area contributed by atoms with Gasteiger partial charge in [0, 0.05) is 32.8 Å². The normalized spacial score (nSPS) is 11.7. The van der Waals surface area contributed by atoms with Crippen LogP contribution in [0.2, 0.25) is 0 Å². The number of furan rings is 1. The van der Waals surface area contributed by atoms with Crippen molar-refractivity contribution in [3.05, 3.63) is 158 Å². The van der Waals surface area contributed by atoms with Crippen molar-refractivity contribution in [2.24, 2.45) is 0 Å². The molecular weight excluding hydrogens is 601 g/mol.